The molecule has 3 fully saturated rings. The molecule has 12 atom stereocenters. The monoisotopic (exact) mass is 799 g/mol. The summed E-state index contributed by atoms with van der Waals surface area (Å²) in [5, 5.41) is 23.5. The van der Waals surface area contributed by atoms with E-state index in [0.29, 0.717) is 51.0 Å². The van der Waals surface area contributed by atoms with E-state index in [4.69, 9.17) is 23.7 Å². The molecule has 57 heavy (non-hydrogen) atoms. The van der Waals surface area contributed by atoms with Crippen LogP contribution >= 0.6 is 0 Å². The quantitative estimate of drug-likeness (QED) is 0.190. The fourth-order valence-corrected chi connectivity index (χ4v) is 8.75. The molecule has 0 aliphatic carbocycles. The summed E-state index contributed by atoms with van der Waals surface area (Å²) in [5.41, 5.74) is -0.795. The third-order valence-electron chi connectivity index (χ3n) is 12.2. The molecule has 0 spiro atoms. The predicted molar refractivity (Wildman–Crippen MR) is 211 cm³/mol. The van der Waals surface area contributed by atoms with Gasteiger partial charge in [-0.1, -0.05) is 25.1 Å². The van der Waals surface area contributed by atoms with E-state index in [1.807, 2.05) is 78.0 Å². The number of unbranched alkanes of at least 4 members (excludes halogenated alkanes) is 1. The third-order valence-corrected chi connectivity index (χ3v) is 12.2. The fraction of sp³-hybridized carbons (Fsp3) is 0.756. The number of fused-ring (bicyclic) bond motifs is 1. The number of cyclic esters (lactones) is 1. The highest BCUT2D eigenvalue weighted by molar-refractivity contribution is 5.99. The van der Waals surface area contributed by atoms with Crippen molar-refractivity contribution < 1.29 is 43.2 Å². The number of nitrogens with one attached hydrogen (secondary N) is 1. The van der Waals surface area contributed by atoms with E-state index < -0.39 is 65.6 Å². The molecule has 0 bridgehead atoms. The highest BCUT2D eigenvalue weighted by Crippen LogP contribution is 2.39. The van der Waals surface area contributed by atoms with Crippen molar-refractivity contribution in [1.82, 2.24) is 35.1 Å². The van der Waals surface area contributed by atoms with Crippen LogP contribution < -0.4 is 5.32 Å². The molecule has 5 rings (SSSR count). The zero-order chi connectivity index (χ0) is 41.7. The average molecular weight is 800 g/mol. The molecule has 16 heteroatoms. The molecule has 0 saturated carbocycles. The summed E-state index contributed by atoms with van der Waals surface area (Å²) in [4.78, 5) is 49.7. The van der Waals surface area contributed by atoms with Crippen molar-refractivity contribution in [1.29, 1.82) is 0 Å². The van der Waals surface area contributed by atoms with E-state index >= 15 is 0 Å². The minimum Gasteiger partial charge on any atom is -0.458 e. The summed E-state index contributed by atoms with van der Waals surface area (Å²) >= 11 is 0. The van der Waals surface area contributed by atoms with Crippen LogP contribution in [0.3, 0.4) is 0 Å². The molecular weight excluding hydrogens is 734 g/mol. The van der Waals surface area contributed by atoms with Gasteiger partial charge < -0.3 is 39.0 Å². The summed E-state index contributed by atoms with van der Waals surface area (Å²) < 4.78 is 33.0. The first-order valence-electron chi connectivity index (χ1n) is 20.5. The Balaban J connectivity index is 1.36. The van der Waals surface area contributed by atoms with Gasteiger partial charge in [-0.15, -0.1) is 5.10 Å². The number of methoxy groups -OCH3 is 1. The van der Waals surface area contributed by atoms with Gasteiger partial charge in [-0.25, -0.2) is 4.79 Å². The Kier molecular flexibility index (Phi) is 14.9. The first-order valence-corrected chi connectivity index (χ1v) is 20.5. The maximum Gasteiger partial charge on any atom is 0.410 e. The van der Waals surface area contributed by atoms with Gasteiger partial charge in [-0.2, -0.15) is 0 Å². The number of aliphatic hydroxyl groups is 1. The molecule has 3 saturated heterocycles. The largest absolute Gasteiger partial charge is 0.458 e. The first kappa shape index (κ1) is 44.6. The smallest absolute Gasteiger partial charge is 0.410 e. The summed E-state index contributed by atoms with van der Waals surface area (Å²) in [7, 11) is 5.38. The molecule has 2 aromatic heterocycles. The summed E-state index contributed by atoms with van der Waals surface area (Å²) in [5.74, 6) is -2.26. The van der Waals surface area contributed by atoms with Gasteiger partial charge in [-0.05, 0) is 105 Å². The number of hydrogen-bond donors (Lipinski definition) is 2. The molecular formula is C41H65N7O9. The van der Waals surface area contributed by atoms with E-state index in [9.17, 15) is 19.5 Å². The predicted octanol–water partition coefficient (Wildman–Crippen LogP) is 3.85. The van der Waals surface area contributed by atoms with Crippen LogP contribution in [0, 0.1) is 11.8 Å². The Morgan fingerprint density at radius 1 is 1.07 bits per heavy atom. The number of pyridine rings is 1. The van der Waals surface area contributed by atoms with Crippen LogP contribution in [0.15, 0.2) is 30.6 Å². The molecule has 0 aromatic carbocycles. The van der Waals surface area contributed by atoms with Crippen LogP contribution in [0.5, 0.6) is 0 Å². The molecule has 3 aliphatic rings. The minimum absolute atomic E-state index is 0.00281. The zero-order valence-corrected chi connectivity index (χ0v) is 35.4. The topological polar surface area (TPSA) is 180 Å². The van der Waals surface area contributed by atoms with Crippen molar-refractivity contribution in [2.24, 2.45) is 11.8 Å². The molecule has 318 valence electrons. The van der Waals surface area contributed by atoms with Crippen molar-refractivity contribution in [3.63, 3.8) is 0 Å². The molecule has 16 nitrogen and oxygen atoms in total. The number of ketones is 1. The van der Waals surface area contributed by atoms with Crippen LogP contribution in [0.4, 0.5) is 4.79 Å². The number of aliphatic hydroxyl groups excluding tert-OH is 1. The highest BCUT2D eigenvalue weighted by atomic mass is 16.7. The Morgan fingerprint density at radius 2 is 1.81 bits per heavy atom. The maximum atomic E-state index is 14.0. The number of esters is 1. The Morgan fingerprint density at radius 3 is 2.47 bits per heavy atom. The molecule has 3 aliphatic heterocycles. The van der Waals surface area contributed by atoms with Crippen molar-refractivity contribution in [2.45, 2.75) is 154 Å². The normalized spacial score (nSPS) is 36.0. The number of likely N-dealkylation sites (N-methyl/N-ethyl adjacent to an activating group) is 1. The Labute approximate surface area is 337 Å². The van der Waals surface area contributed by atoms with Gasteiger partial charge in [0, 0.05) is 44.9 Å². The lowest BCUT2D eigenvalue weighted by Crippen LogP contribution is -2.61. The summed E-state index contributed by atoms with van der Waals surface area (Å²) in [6.07, 6.45) is 1.85. The van der Waals surface area contributed by atoms with E-state index in [-0.39, 0.29) is 30.5 Å². The first-order chi connectivity index (χ1) is 27.0. The summed E-state index contributed by atoms with van der Waals surface area (Å²) in [6, 6.07) is 4.63. The van der Waals surface area contributed by atoms with Crippen molar-refractivity contribution in [3.05, 3.63) is 30.6 Å². The Bertz CT molecular complexity index is 1650. The lowest BCUT2D eigenvalue weighted by molar-refractivity contribution is -0.289. The SMILES string of the molecule is CC[C@H]1OC(=O)[C@H](C)C(=O)C[C@@H](O[C@@H]2OC(C)CC(N(C)C)C2O)[C@](C)(OC)C[C@@H](C)CN[C@H](C)[C@H]2N(CCCCn3cc(-c4ccccn4)nn3)C(=O)O[C@]12C. The van der Waals surface area contributed by atoms with Crippen LogP contribution in [0.25, 0.3) is 11.4 Å². The van der Waals surface area contributed by atoms with Crippen molar-refractivity contribution in [3.8, 4) is 11.4 Å². The van der Waals surface area contributed by atoms with E-state index in [1.54, 1.807) is 22.9 Å². The second-order valence-corrected chi connectivity index (χ2v) is 16.9. The number of Topliss-reactive ketones (excluding diaryl/α,β-unsaturated/α-hetero) is 1. The second-order valence-electron chi connectivity index (χ2n) is 16.9. The number of carbonyl (C=O) groups is 3. The van der Waals surface area contributed by atoms with E-state index in [2.05, 4.69) is 27.5 Å². The van der Waals surface area contributed by atoms with Crippen LogP contribution in [-0.4, -0.2) is 147 Å². The number of aromatic nitrogens is 4. The summed E-state index contributed by atoms with van der Waals surface area (Å²) in [6.45, 7) is 14.7. The number of rotatable bonds is 11. The van der Waals surface area contributed by atoms with Crippen LogP contribution in [0.2, 0.25) is 0 Å². The molecule has 2 N–H and O–H groups in total. The minimum atomic E-state index is -1.22. The van der Waals surface area contributed by atoms with Gasteiger partial charge >= 0.3 is 12.1 Å². The van der Waals surface area contributed by atoms with Gasteiger partial charge in [0.15, 0.2) is 11.9 Å². The number of carbonyl (C=O) groups excluding carboxylic acids is 3. The third kappa shape index (κ3) is 10.2. The van der Waals surface area contributed by atoms with Gasteiger partial charge in [0.2, 0.25) is 0 Å². The van der Waals surface area contributed by atoms with E-state index in [0.717, 1.165) is 12.1 Å². The number of amides is 1. The van der Waals surface area contributed by atoms with Gasteiger partial charge in [0.05, 0.1) is 35.7 Å². The number of ether oxygens (including phenoxy) is 5. The lowest BCUT2D eigenvalue weighted by atomic mass is 9.83. The Hall–Kier alpha value is -3.54. The number of nitrogens with zero attached hydrogens (tertiary/aromatic N) is 6. The second kappa shape index (κ2) is 19.0. The average Bonchev–Trinajstić information content (AvgIpc) is 3.76. The van der Waals surface area contributed by atoms with Gasteiger partial charge in [0.25, 0.3) is 0 Å². The zero-order valence-electron chi connectivity index (χ0n) is 35.4. The standard InChI is InChI=1S/C41H65N7O9/c1-11-33-41(7)36(48(39(52)57-41)19-15-14-18-47-24-30(44-45-47)29-16-12-13-17-42-29)28(5)43-23-25(2)22-40(6,53-10)34(21-32(49)27(4)37(51)55-33)56-38-35(50)31(46(8)9)20-26(3)54-38/h12-13,16-17,24-28,31,33-36,38,43,50H,11,14-15,18-23H2,1-10H3/t25-,26?,27-,28-,31?,33-,34-,35?,36-,38+,40-,41-/m1/s1. The highest BCUT2D eigenvalue weighted by Gasteiger charge is 2.58. The number of hydrogen-bond acceptors (Lipinski definition) is 14. The van der Waals surface area contributed by atoms with E-state index in [1.165, 1.54) is 6.92 Å². The maximum absolute atomic E-state index is 14.0. The molecule has 2 aromatic rings. The van der Waals surface area contributed by atoms with Crippen molar-refractivity contribution in [2.75, 3.05) is 34.3 Å². The van der Waals surface area contributed by atoms with Gasteiger partial charge in [0.1, 0.15) is 29.6 Å². The molecule has 1 amide bonds. The number of aryl methyl sites for hydroxylation is 1. The molecule has 5 heterocycles. The molecule has 3 unspecified atom stereocenters. The molecule has 0 radical (unpaired) electrons. The van der Waals surface area contributed by atoms with Crippen LogP contribution in [0.1, 0.15) is 87.0 Å². The lowest BCUT2D eigenvalue weighted by Gasteiger charge is -2.45. The van der Waals surface area contributed by atoms with Crippen LogP contribution in [-0.2, 0) is 39.8 Å². The van der Waals surface area contributed by atoms with Gasteiger partial charge in [-0.3, -0.25) is 24.2 Å². The fourth-order valence-electron chi connectivity index (χ4n) is 8.75. The van der Waals surface area contributed by atoms with Crippen molar-refractivity contribution >= 4 is 17.8 Å².